The first-order valence-corrected chi connectivity index (χ1v) is 9.47. The molecule has 1 heterocycles. The van der Waals surface area contributed by atoms with Crippen molar-refractivity contribution in [3.8, 4) is 11.1 Å². The van der Waals surface area contributed by atoms with Crippen molar-refractivity contribution in [3.63, 3.8) is 0 Å². The molecular weight excluding hydrogens is 404 g/mol. The van der Waals surface area contributed by atoms with Gasteiger partial charge in [0.05, 0.1) is 22.5 Å². The van der Waals surface area contributed by atoms with E-state index in [2.05, 4.69) is 15.6 Å². The van der Waals surface area contributed by atoms with Crippen molar-refractivity contribution >= 4 is 29.2 Å². The summed E-state index contributed by atoms with van der Waals surface area (Å²) >= 11 is 0. The Morgan fingerprint density at radius 3 is 2.06 bits per heavy atom. The Morgan fingerprint density at radius 1 is 0.935 bits per heavy atom. The number of nitrogens with zero attached hydrogens (tertiary/aromatic N) is 2. The van der Waals surface area contributed by atoms with E-state index in [0.29, 0.717) is 16.8 Å². The van der Waals surface area contributed by atoms with Gasteiger partial charge in [-0.15, -0.1) is 0 Å². The molecule has 2 N–H and O–H groups in total. The van der Waals surface area contributed by atoms with Gasteiger partial charge in [0.15, 0.2) is 0 Å². The Labute approximate surface area is 180 Å². The smallest absolute Gasteiger partial charge is 0.412 e. The van der Waals surface area contributed by atoms with Crippen LogP contribution < -0.4 is 10.6 Å². The number of nitro benzene ring substituents is 1. The molecule has 31 heavy (non-hydrogen) atoms. The van der Waals surface area contributed by atoms with Gasteiger partial charge in [-0.2, -0.15) is 0 Å². The SMILES string of the molecule is CC(C)(C)OC(=O)Nc1cncc(-c2cc([N+](=O)[O-])ccc2NC(=O)OC(C)(C)C)c1. The number of nitro groups is 1. The Bertz CT molecular complexity index is 992. The molecule has 2 amide bonds. The highest BCUT2D eigenvalue weighted by Gasteiger charge is 2.20. The van der Waals surface area contributed by atoms with E-state index >= 15 is 0 Å². The minimum Gasteiger partial charge on any atom is -0.444 e. The van der Waals surface area contributed by atoms with Crippen molar-refractivity contribution in [2.24, 2.45) is 0 Å². The number of hydrogen-bond acceptors (Lipinski definition) is 7. The minimum absolute atomic E-state index is 0.171. The number of nitrogens with one attached hydrogen (secondary N) is 2. The normalized spacial score (nSPS) is 11.4. The number of carbonyl (C=O) groups is 2. The molecule has 0 aliphatic heterocycles. The van der Waals surface area contributed by atoms with Crippen LogP contribution in [0.15, 0.2) is 36.7 Å². The third kappa shape index (κ3) is 7.57. The number of hydrogen-bond donors (Lipinski definition) is 2. The van der Waals surface area contributed by atoms with Crippen LogP contribution in [0.2, 0.25) is 0 Å². The molecule has 0 aliphatic carbocycles. The molecule has 0 saturated carbocycles. The zero-order valence-electron chi connectivity index (χ0n) is 18.3. The summed E-state index contributed by atoms with van der Waals surface area (Å²) in [6.07, 6.45) is 1.49. The minimum atomic E-state index is -0.718. The summed E-state index contributed by atoms with van der Waals surface area (Å²) in [5, 5.41) is 16.4. The molecule has 0 saturated heterocycles. The molecule has 0 unspecified atom stereocenters. The molecule has 0 bridgehead atoms. The highest BCUT2D eigenvalue weighted by atomic mass is 16.6. The summed E-state index contributed by atoms with van der Waals surface area (Å²) < 4.78 is 10.5. The van der Waals surface area contributed by atoms with Gasteiger partial charge in [-0.1, -0.05) is 0 Å². The molecule has 0 atom stereocenters. The van der Waals surface area contributed by atoms with Gasteiger partial charge in [-0.25, -0.2) is 9.59 Å². The highest BCUT2D eigenvalue weighted by Crippen LogP contribution is 2.33. The second-order valence-corrected chi connectivity index (χ2v) is 8.70. The summed E-state index contributed by atoms with van der Waals surface area (Å²) in [5.74, 6) is 0. The summed E-state index contributed by atoms with van der Waals surface area (Å²) in [7, 11) is 0. The largest absolute Gasteiger partial charge is 0.444 e. The average molecular weight is 430 g/mol. The zero-order chi connectivity index (χ0) is 23.4. The third-order valence-corrected chi connectivity index (χ3v) is 3.54. The number of pyridine rings is 1. The van der Waals surface area contributed by atoms with Crippen molar-refractivity contribution in [2.45, 2.75) is 52.7 Å². The summed E-state index contributed by atoms with van der Waals surface area (Å²) in [6.45, 7) is 10.4. The molecule has 0 aliphatic rings. The van der Waals surface area contributed by atoms with Crippen LogP contribution >= 0.6 is 0 Å². The quantitative estimate of drug-likeness (QED) is 0.493. The number of aromatic nitrogens is 1. The van der Waals surface area contributed by atoms with Gasteiger partial charge in [0.1, 0.15) is 11.2 Å². The van der Waals surface area contributed by atoms with Crippen molar-refractivity contribution < 1.29 is 24.0 Å². The molecule has 0 fully saturated rings. The number of amides is 2. The predicted octanol–water partition coefficient (Wildman–Crippen LogP) is 5.35. The molecule has 0 spiro atoms. The van der Waals surface area contributed by atoms with Crippen molar-refractivity contribution in [2.75, 3.05) is 10.6 Å². The number of anilines is 2. The standard InChI is InChI=1S/C21H26N4O6/c1-20(2,3)30-18(26)23-14-9-13(11-22-12-14)16-10-15(25(28)29)7-8-17(16)24-19(27)31-21(4,5)6/h7-12H,1-6H3,(H,23,26)(H,24,27). The number of rotatable bonds is 4. The van der Waals surface area contributed by atoms with Gasteiger partial charge in [0.25, 0.3) is 5.69 Å². The highest BCUT2D eigenvalue weighted by molar-refractivity contribution is 5.93. The first kappa shape index (κ1) is 23.6. The average Bonchev–Trinajstić information content (AvgIpc) is 2.58. The summed E-state index contributed by atoms with van der Waals surface area (Å²) in [6, 6.07) is 5.55. The molecule has 10 nitrogen and oxygen atoms in total. The Balaban J connectivity index is 2.39. The second-order valence-electron chi connectivity index (χ2n) is 8.70. The topological polar surface area (TPSA) is 133 Å². The summed E-state index contributed by atoms with van der Waals surface area (Å²) in [5.41, 5.74) is -0.194. The van der Waals surface area contributed by atoms with Crippen LogP contribution in [0.1, 0.15) is 41.5 Å². The van der Waals surface area contributed by atoms with Gasteiger partial charge >= 0.3 is 12.2 Å². The Kier molecular flexibility index (Phi) is 6.84. The van der Waals surface area contributed by atoms with Gasteiger partial charge in [-0.05, 0) is 53.7 Å². The first-order valence-electron chi connectivity index (χ1n) is 9.47. The van der Waals surface area contributed by atoms with Crippen LogP contribution in [0.25, 0.3) is 11.1 Å². The monoisotopic (exact) mass is 430 g/mol. The van der Waals surface area contributed by atoms with Crippen molar-refractivity contribution in [1.29, 1.82) is 0 Å². The number of carbonyl (C=O) groups excluding carboxylic acids is 2. The fourth-order valence-corrected chi connectivity index (χ4v) is 2.48. The molecule has 2 rings (SSSR count). The summed E-state index contributed by atoms with van der Waals surface area (Å²) in [4.78, 5) is 39.1. The maximum atomic E-state index is 12.2. The van der Waals surface area contributed by atoms with E-state index in [1.165, 1.54) is 30.6 Å². The number of benzene rings is 1. The fourth-order valence-electron chi connectivity index (χ4n) is 2.48. The van der Waals surface area contributed by atoms with Crippen LogP contribution in [0.3, 0.4) is 0 Å². The second kappa shape index (κ2) is 8.99. The van der Waals surface area contributed by atoms with Crippen molar-refractivity contribution in [1.82, 2.24) is 4.98 Å². The molecule has 1 aromatic carbocycles. The van der Waals surface area contributed by atoms with E-state index in [9.17, 15) is 19.7 Å². The van der Waals surface area contributed by atoms with E-state index in [1.807, 2.05) is 0 Å². The molecule has 0 radical (unpaired) electrons. The lowest BCUT2D eigenvalue weighted by atomic mass is 10.0. The van der Waals surface area contributed by atoms with Crippen LogP contribution in [-0.4, -0.2) is 33.3 Å². The Morgan fingerprint density at radius 2 is 1.52 bits per heavy atom. The van der Waals surface area contributed by atoms with Crippen LogP contribution in [-0.2, 0) is 9.47 Å². The lowest BCUT2D eigenvalue weighted by Gasteiger charge is -2.21. The fraction of sp³-hybridized carbons (Fsp3) is 0.381. The Hall–Kier alpha value is -3.69. The molecule has 2 aromatic rings. The zero-order valence-corrected chi connectivity index (χ0v) is 18.3. The molecule has 166 valence electrons. The van der Waals surface area contributed by atoms with E-state index in [1.54, 1.807) is 47.6 Å². The van der Waals surface area contributed by atoms with Crippen LogP contribution in [0, 0.1) is 10.1 Å². The number of ether oxygens (including phenoxy) is 2. The van der Waals surface area contributed by atoms with Gasteiger partial charge in [0.2, 0.25) is 0 Å². The van der Waals surface area contributed by atoms with Gasteiger partial charge in [-0.3, -0.25) is 25.7 Å². The van der Waals surface area contributed by atoms with E-state index in [4.69, 9.17) is 9.47 Å². The maximum Gasteiger partial charge on any atom is 0.412 e. The van der Waals surface area contributed by atoms with Crippen molar-refractivity contribution in [3.05, 3.63) is 46.8 Å². The maximum absolute atomic E-state index is 12.2. The predicted molar refractivity (Wildman–Crippen MR) is 116 cm³/mol. The van der Waals surface area contributed by atoms with E-state index < -0.39 is 28.3 Å². The van der Waals surface area contributed by atoms with Gasteiger partial charge < -0.3 is 9.47 Å². The van der Waals surface area contributed by atoms with Crippen LogP contribution in [0.4, 0.5) is 26.7 Å². The van der Waals surface area contributed by atoms with E-state index in [0.717, 1.165) is 0 Å². The molecule has 1 aromatic heterocycles. The molecule has 10 heteroatoms. The lowest BCUT2D eigenvalue weighted by molar-refractivity contribution is -0.384. The van der Waals surface area contributed by atoms with Gasteiger partial charge in [0, 0.05) is 29.5 Å². The first-order chi connectivity index (χ1) is 14.2. The third-order valence-electron chi connectivity index (χ3n) is 3.54. The molecular formula is C21H26N4O6. The van der Waals surface area contributed by atoms with E-state index in [-0.39, 0.29) is 11.4 Å². The lowest BCUT2D eigenvalue weighted by Crippen LogP contribution is -2.27. The number of non-ortho nitro benzene ring substituents is 1. The van der Waals surface area contributed by atoms with Crippen LogP contribution in [0.5, 0.6) is 0 Å².